The fourth-order valence-electron chi connectivity index (χ4n) is 1.35. The predicted molar refractivity (Wildman–Crippen MR) is 85.6 cm³/mol. The van der Waals surface area contributed by atoms with Gasteiger partial charge in [-0.1, -0.05) is 48.9 Å². The van der Waals surface area contributed by atoms with Crippen LogP contribution < -0.4 is 10.0 Å². The number of halogens is 1. The summed E-state index contributed by atoms with van der Waals surface area (Å²) < 4.78 is 26.5. The van der Waals surface area contributed by atoms with Crippen molar-refractivity contribution in [1.82, 2.24) is 10.2 Å². The first-order valence-corrected chi connectivity index (χ1v) is 8.89. The van der Waals surface area contributed by atoms with E-state index in [9.17, 15) is 13.2 Å². The van der Waals surface area contributed by atoms with E-state index in [0.717, 1.165) is 11.3 Å². The van der Waals surface area contributed by atoms with Crippen LogP contribution in [0.15, 0.2) is 28.6 Å². The third kappa shape index (κ3) is 3.93. The molecule has 118 valence electrons. The summed E-state index contributed by atoms with van der Waals surface area (Å²) in [5.74, 6) is -0.510. The summed E-state index contributed by atoms with van der Waals surface area (Å²) in [5.41, 5.74) is 0.243. The lowest BCUT2D eigenvalue weighted by Gasteiger charge is -2.06. The van der Waals surface area contributed by atoms with Crippen LogP contribution in [0.5, 0.6) is 0 Å². The van der Waals surface area contributed by atoms with Crippen molar-refractivity contribution in [2.45, 2.75) is 18.2 Å². The van der Waals surface area contributed by atoms with Crippen LogP contribution >= 0.6 is 22.9 Å². The summed E-state index contributed by atoms with van der Waals surface area (Å²) in [6.45, 7) is 3.43. The average Bonchev–Trinajstić information content (AvgIpc) is 2.90. The second-order valence-corrected chi connectivity index (χ2v) is 7.84. The van der Waals surface area contributed by atoms with Crippen LogP contribution in [0, 0.1) is 5.92 Å². The molecule has 1 aromatic heterocycles. The highest BCUT2D eigenvalue weighted by Crippen LogP contribution is 2.26. The van der Waals surface area contributed by atoms with Gasteiger partial charge < -0.3 is 5.32 Å². The van der Waals surface area contributed by atoms with Crippen LogP contribution in [0.1, 0.15) is 13.8 Å². The van der Waals surface area contributed by atoms with E-state index in [0.29, 0.717) is 0 Å². The van der Waals surface area contributed by atoms with Gasteiger partial charge in [0, 0.05) is 5.92 Å². The van der Waals surface area contributed by atoms with Crippen molar-refractivity contribution in [2.24, 2.45) is 5.92 Å². The zero-order valence-corrected chi connectivity index (χ0v) is 14.1. The van der Waals surface area contributed by atoms with E-state index in [2.05, 4.69) is 20.2 Å². The van der Waals surface area contributed by atoms with Crippen molar-refractivity contribution >= 4 is 49.7 Å². The van der Waals surface area contributed by atoms with Crippen molar-refractivity contribution in [3.63, 3.8) is 0 Å². The molecule has 2 N–H and O–H groups in total. The Morgan fingerprint density at radius 3 is 2.59 bits per heavy atom. The first kappa shape index (κ1) is 16.7. The lowest BCUT2D eigenvalue weighted by Crippen LogP contribution is -2.17. The highest BCUT2D eigenvalue weighted by molar-refractivity contribution is 7.94. The lowest BCUT2D eigenvalue weighted by atomic mass is 10.2. The smallest absolute Gasteiger partial charge is 0.291 e. The SMILES string of the molecule is CC(C)C(=O)Nc1nnc(S(=O)(=O)Nc2ccccc2Cl)s1. The Bertz CT molecular complexity index is 789. The molecule has 0 saturated carbocycles. The normalized spacial score (nSPS) is 11.5. The Kier molecular flexibility index (Phi) is 4.99. The maximum Gasteiger partial charge on any atom is 0.291 e. The first-order chi connectivity index (χ1) is 10.3. The minimum Gasteiger partial charge on any atom is -0.300 e. The molecule has 1 amide bonds. The Labute approximate surface area is 136 Å². The van der Waals surface area contributed by atoms with E-state index in [1.807, 2.05) is 0 Å². The van der Waals surface area contributed by atoms with E-state index in [1.54, 1.807) is 32.0 Å². The number of carbonyl (C=O) groups is 1. The molecule has 0 saturated heterocycles. The van der Waals surface area contributed by atoms with Gasteiger partial charge in [-0.15, -0.1) is 10.2 Å². The van der Waals surface area contributed by atoms with Gasteiger partial charge in [-0.3, -0.25) is 9.52 Å². The van der Waals surface area contributed by atoms with Gasteiger partial charge in [0.1, 0.15) is 0 Å². The number of nitrogens with one attached hydrogen (secondary N) is 2. The largest absolute Gasteiger partial charge is 0.300 e. The van der Waals surface area contributed by atoms with Crippen LogP contribution in [0.25, 0.3) is 0 Å². The molecule has 7 nitrogen and oxygen atoms in total. The number of nitrogens with zero attached hydrogens (tertiary/aromatic N) is 2. The average molecular weight is 361 g/mol. The quantitative estimate of drug-likeness (QED) is 0.798. The Hall–Kier alpha value is -1.71. The van der Waals surface area contributed by atoms with Gasteiger partial charge in [0.2, 0.25) is 11.0 Å². The Morgan fingerprint density at radius 1 is 1.27 bits per heavy atom. The van der Waals surface area contributed by atoms with Crippen molar-refractivity contribution in [3.8, 4) is 0 Å². The fraction of sp³-hybridized carbons (Fsp3) is 0.250. The van der Waals surface area contributed by atoms with Crippen molar-refractivity contribution < 1.29 is 13.2 Å². The molecule has 0 fully saturated rings. The number of amides is 1. The van der Waals surface area contributed by atoms with Gasteiger partial charge in [0.25, 0.3) is 14.4 Å². The third-order valence-corrected chi connectivity index (χ3v) is 5.41. The van der Waals surface area contributed by atoms with Crippen molar-refractivity contribution in [1.29, 1.82) is 0 Å². The van der Waals surface area contributed by atoms with Gasteiger partial charge >= 0.3 is 0 Å². The summed E-state index contributed by atoms with van der Waals surface area (Å²) in [6.07, 6.45) is 0. The molecule has 0 atom stereocenters. The van der Waals surface area contributed by atoms with Crippen LogP contribution in [-0.2, 0) is 14.8 Å². The Morgan fingerprint density at radius 2 is 1.95 bits per heavy atom. The zero-order chi connectivity index (χ0) is 16.3. The van der Waals surface area contributed by atoms with Gasteiger partial charge in [0.15, 0.2) is 0 Å². The van der Waals surface area contributed by atoms with E-state index in [-0.39, 0.29) is 32.0 Å². The van der Waals surface area contributed by atoms with Gasteiger partial charge in [0.05, 0.1) is 10.7 Å². The Balaban J connectivity index is 2.19. The second kappa shape index (κ2) is 6.59. The standard InChI is InChI=1S/C12H13ClN4O3S2/c1-7(2)10(18)14-11-15-16-12(21-11)22(19,20)17-9-6-4-3-5-8(9)13/h3-7,17H,1-2H3,(H,14,15,18). The number of rotatable bonds is 5. The molecule has 0 spiro atoms. The highest BCUT2D eigenvalue weighted by atomic mass is 35.5. The molecule has 1 aromatic carbocycles. The number of aromatic nitrogens is 2. The summed E-state index contributed by atoms with van der Waals surface area (Å²) in [7, 11) is -3.91. The van der Waals surface area contributed by atoms with Crippen LogP contribution in [-0.4, -0.2) is 24.5 Å². The summed E-state index contributed by atoms with van der Waals surface area (Å²) >= 11 is 6.67. The molecule has 0 bridgehead atoms. The fourth-order valence-corrected chi connectivity index (χ4v) is 3.57. The van der Waals surface area contributed by atoms with Gasteiger partial charge in [-0.25, -0.2) is 0 Å². The molecule has 2 rings (SSSR count). The maximum absolute atomic E-state index is 12.2. The minimum absolute atomic E-state index is 0.123. The van der Waals surface area contributed by atoms with Crippen molar-refractivity contribution in [3.05, 3.63) is 29.3 Å². The van der Waals surface area contributed by atoms with E-state index < -0.39 is 10.0 Å². The summed E-state index contributed by atoms with van der Waals surface area (Å²) in [4.78, 5) is 11.6. The zero-order valence-electron chi connectivity index (χ0n) is 11.7. The number of sulfonamides is 1. The molecule has 0 radical (unpaired) electrons. The second-order valence-electron chi connectivity index (χ2n) is 4.60. The van der Waals surface area contributed by atoms with Crippen LogP contribution in [0.2, 0.25) is 5.02 Å². The monoisotopic (exact) mass is 360 g/mol. The molecule has 10 heteroatoms. The van der Waals surface area contributed by atoms with Crippen molar-refractivity contribution in [2.75, 3.05) is 10.0 Å². The summed E-state index contributed by atoms with van der Waals surface area (Å²) in [6, 6.07) is 6.43. The molecule has 22 heavy (non-hydrogen) atoms. The third-order valence-electron chi connectivity index (χ3n) is 2.51. The molecular weight excluding hydrogens is 348 g/mol. The number of benzene rings is 1. The number of hydrogen-bond donors (Lipinski definition) is 2. The van der Waals surface area contributed by atoms with Gasteiger partial charge in [-0.05, 0) is 12.1 Å². The first-order valence-electron chi connectivity index (χ1n) is 6.21. The topological polar surface area (TPSA) is 101 Å². The number of carbonyl (C=O) groups excluding carboxylic acids is 1. The van der Waals surface area contributed by atoms with Crippen LogP contribution in [0.4, 0.5) is 10.8 Å². The molecule has 1 heterocycles. The molecule has 2 aromatic rings. The maximum atomic E-state index is 12.2. The predicted octanol–water partition coefficient (Wildman–Crippen LogP) is 2.59. The molecule has 0 unspecified atom stereocenters. The lowest BCUT2D eigenvalue weighted by molar-refractivity contribution is -0.118. The van der Waals surface area contributed by atoms with E-state index in [4.69, 9.17) is 11.6 Å². The van der Waals surface area contributed by atoms with E-state index in [1.165, 1.54) is 6.07 Å². The number of para-hydroxylation sites is 1. The minimum atomic E-state index is -3.91. The number of hydrogen-bond acceptors (Lipinski definition) is 6. The molecule has 0 aliphatic heterocycles. The van der Waals surface area contributed by atoms with E-state index >= 15 is 0 Å². The molecule has 0 aliphatic rings. The number of anilines is 2. The molecular formula is C12H13ClN4O3S2. The molecule has 0 aliphatic carbocycles. The summed E-state index contributed by atoms with van der Waals surface area (Å²) in [5, 5.41) is 10.1. The van der Waals surface area contributed by atoms with Crippen LogP contribution in [0.3, 0.4) is 0 Å². The van der Waals surface area contributed by atoms with Gasteiger partial charge in [-0.2, -0.15) is 8.42 Å². The highest BCUT2D eigenvalue weighted by Gasteiger charge is 2.22.